The van der Waals surface area contributed by atoms with Gasteiger partial charge in [0.05, 0.1) is 6.42 Å². The predicted molar refractivity (Wildman–Crippen MR) is 58.6 cm³/mol. The highest BCUT2D eigenvalue weighted by atomic mass is 32.2. The second-order valence-corrected chi connectivity index (χ2v) is 4.18. The van der Waals surface area contributed by atoms with E-state index in [1.165, 1.54) is 0 Å². The number of hydrogen-bond acceptors (Lipinski definition) is 3. The largest absolute Gasteiger partial charge is 0.481 e. The van der Waals surface area contributed by atoms with Crippen molar-refractivity contribution in [2.45, 2.75) is 18.2 Å². The molecule has 0 aliphatic carbocycles. The van der Waals surface area contributed by atoms with Gasteiger partial charge in [-0.15, -0.1) is 11.8 Å². The summed E-state index contributed by atoms with van der Waals surface area (Å²) in [4.78, 5) is 11.5. The third kappa shape index (κ3) is 2.96. The molecule has 0 atom stereocenters. The molecule has 0 saturated heterocycles. The van der Waals surface area contributed by atoms with Crippen LogP contribution in [0.3, 0.4) is 0 Å². The van der Waals surface area contributed by atoms with Gasteiger partial charge in [-0.1, -0.05) is 13.0 Å². The number of rotatable bonds is 4. The van der Waals surface area contributed by atoms with Crippen LogP contribution in [0.25, 0.3) is 0 Å². The van der Waals surface area contributed by atoms with Gasteiger partial charge in [-0.25, -0.2) is 0 Å². The van der Waals surface area contributed by atoms with Crippen LogP contribution in [0, 0.1) is 0 Å². The Kier molecular flexibility index (Phi) is 3.83. The Bertz CT molecular complexity index is 339. The standard InChI is InChI=1S/C10H13NO2S/c1-2-14-9-4-3-7(5-8(9)11)6-10(12)13/h3-5H,2,6,11H2,1H3,(H,12,13). The first-order chi connectivity index (χ1) is 6.63. The van der Waals surface area contributed by atoms with Crippen molar-refractivity contribution < 1.29 is 9.90 Å². The number of aliphatic carboxylic acids is 1. The minimum atomic E-state index is -0.833. The molecule has 1 aromatic carbocycles. The lowest BCUT2D eigenvalue weighted by atomic mass is 10.1. The Balaban J connectivity index is 2.83. The van der Waals surface area contributed by atoms with E-state index in [1.54, 1.807) is 17.8 Å². The summed E-state index contributed by atoms with van der Waals surface area (Å²) in [6, 6.07) is 5.41. The summed E-state index contributed by atoms with van der Waals surface area (Å²) < 4.78 is 0. The van der Waals surface area contributed by atoms with Crippen molar-refractivity contribution in [1.82, 2.24) is 0 Å². The number of nitrogens with two attached hydrogens (primary N) is 1. The van der Waals surface area contributed by atoms with E-state index in [0.717, 1.165) is 16.2 Å². The Morgan fingerprint density at radius 1 is 1.57 bits per heavy atom. The maximum absolute atomic E-state index is 10.4. The van der Waals surface area contributed by atoms with Crippen molar-refractivity contribution in [2.24, 2.45) is 0 Å². The van der Waals surface area contributed by atoms with Crippen LogP contribution in [0.4, 0.5) is 5.69 Å². The van der Waals surface area contributed by atoms with Gasteiger partial charge in [0.1, 0.15) is 0 Å². The van der Waals surface area contributed by atoms with Crippen LogP contribution >= 0.6 is 11.8 Å². The zero-order valence-electron chi connectivity index (χ0n) is 7.99. The van der Waals surface area contributed by atoms with Gasteiger partial charge in [0.25, 0.3) is 0 Å². The molecular weight excluding hydrogens is 198 g/mol. The number of anilines is 1. The number of benzene rings is 1. The van der Waals surface area contributed by atoms with Gasteiger partial charge in [0.2, 0.25) is 0 Å². The Morgan fingerprint density at radius 3 is 2.79 bits per heavy atom. The van der Waals surface area contributed by atoms with Gasteiger partial charge in [0.15, 0.2) is 0 Å². The monoisotopic (exact) mass is 211 g/mol. The molecule has 0 heterocycles. The summed E-state index contributed by atoms with van der Waals surface area (Å²) in [6.07, 6.45) is 0.0290. The van der Waals surface area contributed by atoms with Crippen molar-refractivity contribution in [3.05, 3.63) is 23.8 Å². The molecule has 14 heavy (non-hydrogen) atoms. The maximum Gasteiger partial charge on any atom is 0.307 e. The Morgan fingerprint density at radius 2 is 2.29 bits per heavy atom. The maximum atomic E-state index is 10.4. The van der Waals surface area contributed by atoms with Crippen molar-refractivity contribution in [1.29, 1.82) is 0 Å². The number of carboxylic acid groups (broad SMARTS) is 1. The van der Waals surface area contributed by atoms with Gasteiger partial charge in [-0.2, -0.15) is 0 Å². The molecule has 0 aliphatic heterocycles. The SMILES string of the molecule is CCSc1ccc(CC(=O)O)cc1N. The highest BCUT2D eigenvalue weighted by molar-refractivity contribution is 7.99. The Hall–Kier alpha value is -1.16. The highest BCUT2D eigenvalue weighted by Gasteiger charge is 2.03. The second kappa shape index (κ2) is 4.91. The molecule has 0 bridgehead atoms. The summed E-state index contributed by atoms with van der Waals surface area (Å²) in [7, 11) is 0. The third-order valence-electron chi connectivity index (χ3n) is 1.73. The van der Waals surface area contributed by atoms with Crippen molar-refractivity contribution in [3.63, 3.8) is 0 Å². The lowest BCUT2D eigenvalue weighted by molar-refractivity contribution is -0.136. The van der Waals surface area contributed by atoms with Gasteiger partial charge >= 0.3 is 5.97 Å². The number of thioether (sulfide) groups is 1. The van der Waals surface area contributed by atoms with E-state index in [-0.39, 0.29) is 6.42 Å². The van der Waals surface area contributed by atoms with Crippen molar-refractivity contribution in [3.8, 4) is 0 Å². The first-order valence-electron chi connectivity index (χ1n) is 4.36. The fourth-order valence-corrected chi connectivity index (χ4v) is 1.87. The number of nitrogen functional groups attached to an aromatic ring is 1. The molecule has 76 valence electrons. The molecule has 0 spiro atoms. The van der Waals surface area contributed by atoms with Crippen LogP contribution in [0.15, 0.2) is 23.1 Å². The van der Waals surface area contributed by atoms with Crippen LogP contribution in [-0.4, -0.2) is 16.8 Å². The van der Waals surface area contributed by atoms with Crippen molar-refractivity contribution in [2.75, 3.05) is 11.5 Å². The molecule has 1 rings (SSSR count). The number of carboxylic acids is 1. The van der Waals surface area contributed by atoms with Crippen LogP contribution < -0.4 is 5.73 Å². The Labute approximate surface area is 87.3 Å². The molecule has 4 heteroatoms. The zero-order valence-corrected chi connectivity index (χ0v) is 8.80. The smallest absolute Gasteiger partial charge is 0.307 e. The van der Waals surface area contributed by atoms with E-state index in [1.807, 2.05) is 12.1 Å². The lowest BCUT2D eigenvalue weighted by Crippen LogP contribution is -2.01. The molecule has 0 aromatic heterocycles. The van der Waals surface area contributed by atoms with Gasteiger partial charge in [-0.05, 0) is 23.4 Å². The van der Waals surface area contributed by atoms with E-state index in [2.05, 4.69) is 6.92 Å². The second-order valence-electron chi connectivity index (χ2n) is 2.88. The molecule has 0 radical (unpaired) electrons. The fourth-order valence-electron chi connectivity index (χ4n) is 1.17. The van der Waals surface area contributed by atoms with E-state index >= 15 is 0 Å². The molecule has 0 amide bonds. The quantitative estimate of drug-likeness (QED) is 0.590. The van der Waals surface area contributed by atoms with E-state index < -0.39 is 5.97 Å². The van der Waals surface area contributed by atoms with Crippen LogP contribution in [0.1, 0.15) is 12.5 Å². The van der Waals surface area contributed by atoms with Crippen LogP contribution in [0.2, 0.25) is 0 Å². The van der Waals surface area contributed by atoms with E-state index in [9.17, 15) is 4.79 Å². The fraction of sp³-hybridized carbons (Fsp3) is 0.300. The molecule has 1 aromatic rings. The number of carbonyl (C=O) groups is 1. The predicted octanol–water partition coefficient (Wildman–Crippen LogP) is 2.01. The summed E-state index contributed by atoms with van der Waals surface area (Å²) in [6.45, 7) is 2.05. The first kappa shape index (κ1) is 10.9. The lowest BCUT2D eigenvalue weighted by Gasteiger charge is -2.05. The topological polar surface area (TPSA) is 63.3 Å². The van der Waals surface area contributed by atoms with Crippen LogP contribution in [-0.2, 0) is 11.2 Å². The van der Waals surface area contributed by atoms with E-state index in [4.69, 9.17) is 10.8 Å². The normalized spacial score (nSPS) is 10.1. The summed E-state index contributed by atoms with van der Waals surface area (Å²) in [5.74, 6) is 0.128. The molecule has 0 unspecified atom stereocenters. The minimum absolute atomic E-state index is 0.0290. The number of hydrogen-bond donors (Lipinski definition) is 2. The average Bonchev–Trinajstić information content (AvgIpc) is 2.09. The molecule has 0 saturated carbocycles. The molecular formula is C10H13NO2S. The van der Waals surface area contributed by atoms with Crippen molar-refractivity contribution >= 4 is 23.4 Å². The molecule has 0 fully saturated rings. The first-order valence-corrected chi connectivity index (χ1v) is 5.35. The molecule has 3 N–H and O–H groups in total. The average molecular weight is 211 g/mol. The minimum Gasteiger partial charge on any atom is -0.481 e. The molecule has 0 aliphatic rings. The van der Waals surface area contributed by atoms with Gasteiger partial charge < -0.3 is 10.8 Å². The van der Waals surface area contributed by atoms with E-state index in [0.29, 0.717) is 5.69 Å². The van der Waals surface area contributed by atoms with Gasteiger partial charge in [0, 0.05) is 10.6 Å². The third-order valence-corrected chi connectivity index (χ3v) is 2.70. The highest BCUT2D eigenvalue weighted by Crippen LogP contribution is 2.25. The molecule has 3 nitrogen and oxygen atoms in total. The summed E-state index contributed by atoms with van der Waals surface area (Å²) in [5.41, 5.74) is 7.18. The van der Waals surface area contributed by atoms with Crippen LogP contribution in [0.5, 0.6) is 0 Å². The zero-order chi connectivity index (χ0) is 10.6. The summed E-state index contributed by atoms with van der Waals surface area (Å²) >= 11 is 1.66. The van der Waals surface area contributed by atoms with Gasteiger partial charge in [-0.3, -0.25) is 4.79 Å². The summed E-state index contributed by atoms with van der Waals surface area (Å²) in [5, 5.41) is 8.58.